The molecule has 120 valence electrons. The monoisotopic (exact) mass is 316 g/mol. The number of carbonyl (C=O) groups excluding carboxylic acids is 2. The van der Waals surface area contributed by atoms with Crippen molar-refractivity contribution in [3.05, 3.63) is 25.3 Å². The first-order valence-electron chi connectivity index (χ1n) is 6.42. The van der Waals surface area contributed by atoms with Gasteiger partial charge in [0.25, 0.3) is 0 Å². The van der Waals surface area contributed by atoms with Crippen LogP contribution in [0.5, 0.6) is 0 Å². The van der Waals surface area contributed by atoms with Gasteiger partial charge in [-0.15, -0.1) is 0 Å². The highest BCUT2D eigenvalue weighted by Gasteiger charge is 2.32. The molecular formula is C14H24N2O4S. The van der Waals surface area contributed by atoms with Gasteiger partial charge in [-0.1, -0.05) is 13.2 Å². The van der Waals surface area contributed by atoms with Crippen molar-refractivity contribution in [2.24, 2.45) is 0 Å². The van der Waals surface area contributed by atoms with E-state index in [1.807, 2.05) is 0 Å². The first-order valence-corrected chi connectivity index (χ1v) is 8.24. The Balaban J connectivity index is 4.91. The van der Waals surface area contributed by atoms with Crippen LogP contribution in [-0.4, -0.2) is 42.8 Å². The molecule has 0 saturated carbocycles. The predicted octanol–water partition coefficient (Wildman–Crippen LogP) is 0.563. The maximum absolute atomic E-state index is 12.2. The molecule has 0 aromatic carbocycles. The highest BCUT2D eigenvalue weighted by Crippen LogP contribution is 2.13. The average molecular weight is 316 g/mol. The molecule has 0 fully saturated rings. The number of hydrogen-bond acceptors (Lipinski definition) is 4. The maximum Gasteiger partial charge on any atom is 0.243 e. The minimum Gasteiger partial charge on any atom is -0.347 e. The summed E-state index contributed by atoms with van der Waals surface area (Å²) < 4.78 is 24.5. The third-order valence-electron chi connectivity index (χ3n) is 2.46. The number of amides is 2. The van der Waals surface area contributed by atoms with E-state index in [0.29, 0.717) is 0 Å². The maximum atomic E-state index is 12.2. The Morgan fingerprint density at radius 1 is 0.905 bits per heavy atom. The number of sulfone groups is 1. The molecule has 0 unspecified atom stereocenters. The minimum atomic E-state index is -3.50. The molecule has 0 aliphatic rings. The van der Waals surface area contributed by atoms with Gasteiger partial charge in [0.1, 0.15) is 0 Å². The summed E-state index contributed by atoms with van der Waals surface area (Å²) in [7, 11) is -3.50. The zero-order valence-electron chi connectivity index (χ0n) is 13.0. The highest BCUT2D eigenvalue weighted by atomic mass is 32.2. The molecule has 0 radical (unpaired) electrons. The standard InChI is InChI=1S/C14H24N2O4S/c1-7-11(17)15-13(3,4)9-21(19,20)10-14(5,6)16-12(18)8-2/h7-8H,1-2,9-10H2,3-6H3,(H,15,17)(H,16,18). The highest BCUT2D eigenvalue weighted by molar-refractivity contribution is 7.91. The molecular weight excluding hydrogens is 292 g/mol. The van der Waals surface area contributed by atoms with Gasteiger partial charge in [0.15, 0.2) is 9.84 Å². The van der Waals surface area contributed by atoms with E-state index >= 15 is 0 Å². The fraction of sp³-hybridized carbons (Fsp3) is 0.571. The minimum absolute atomic E-state index is 0.243. The normalized spacial score (nSPS) is 12.4. The Kier molecular flexibility index (Phi) is 6.35. The lowest BCUT2D eigenvalue weighted by Gasteiger charge is -2.29. The number of nitrogens with one attached hydrogen (secondary N) is 2. The van der Waals surface area contributed by atoms with E-state index < -0.39 is 32.7 Å². The zero-order chi connectivity index (χ0) is 16.9. The Hall–Kier alpha value is -1.63. The third-order valence-corrected chi connectivity index (χ3v) is 4.78. The van der Waals surface area contributed by atoms with Crippen molar-refractivity contribution >= 4 is 21.7 Å². The molecule has 0 atom stereocenters. The Bertz CT molecular complexity index is 491. The first-order chi connectivity index (χ1) is 9.32. The summed E-state index contributed by atoms with van der Waals surface area (Å²) in [6.45, 7) is 13.1. The van der Waals surface area contributed by atoms with Crippen LogP contribution in [0.4, 0.5) is 0 Å². The Morgan fingerprint density at radius 3 is 1.43 bits per heavy atom. The van der Waals surface area contributed by atoms with Crippen LogP contribution in [0.25, 0.3) is 0 Å². The number of hydrogen-bond donors (Lipinski definition) is 2. The van der Waals surface area contributed by atoms with Crippen molar-refractivity contribution < 1.29 is 18.0 Å². The van der Waals surface area contributed by atoms with Crippen molar-refractivity contribution in [2.45, 2.75) is 38.8 Å². The second-order valence-corrected chi connectivity index (χ2v) is 8.25. The lowest BCUT2D eigenvalue weighted by atomic mass is 10.1. The van der Waals surface area contributed by atoms with Crippen molar-refractivity contribution in [1.29, 1.82) is 0 Å². The SMILES string of the molecule is C=CC(=O)NC(C)(C)CS(=O)(=O)CC(C)(C)NC(=O)C=C. The topological polar surface area (TPSA) is 92.3 Å². The molecule has 0 saturated heterocycles. The van der Waals surface area contributed by atoms with Crippen LogP contribution in [0.3, 0.4) is 0 Å². The molecule has 0 heterocycles. The van der Waals surface area contributed by atoms with E-state index in [0.717, 1.165) is 12.2 Å². The van der Waals surface area contributed by atoms with Gasteiger partial charge < -0.3 is 10.6 Å². The smallest absolute Gasteiger partial charge is 0.243 e. The van der Waals surface area contributed by atoms with Gasteiger partial charge in [-0.2, -0.15) is 0 Å². The van der Waals surface area contributed by atoms with Crippen molar-refractivity contribution in [3.8, 4) is 0 Å². The molecule has 0 aliphatic heterocycles. The Labute approximate surface area is 126 Å². The second-order valence-electron chi connectivity index (χ2n) is 6.19. The molecule has 0 aromatic heterocycles. The second kappa shape index (κ2) is 6.89. The van der Waals surface area contributed by atoms with E-state index in [9.17, 15) is 18.0 Å². The summed E-state index contributed by atoms with van der Waals surface area (Å²) in [6.07, 6.45) is 2.17. The van der Waals surface area contributed by atoms with E-state index in [1.54, 1.807) is 27.7 Å². The molecule has 2 amide bonds. The van der Waals surface area contributed by atoms with Gasteiger partial charge in [-0.05, 0) is 39.8 Å². The van der Waals surface area contributed by atoms with E-state index in [1.165, 1.54) is 0 Å². The van der Waals surface area contributed by atoms with Gasteiger partial charge >= 0.3 is 0 Å². The third kappa shape index (κ3) is 8.29. The van der Waals surface area contributed by atoms with Crippen LogP contribution >= 0.6 is 0 Å². The van der Waals surface area contributed by atoms with Crippen molar-refractivity contribution in [1.82, 2.24) is 10.6 Å². The zero-order valence-corrected chi connectivity index (χ0v) is 13.8. The first kappa shape index (κ1) is 19.4. The summed E-state index contributed by atoms with van der Waals surface area (Å²) in [5, 5.41) is 5.12. The summed E-state index contributed by atoms with van der Waals surface area (Å²) in [4.78, 5) is 22.6. The van der Waals surface area contributed by atoms with Gasteiger partial charge in [-0.25, -0.2) is 8.42 Å². The molecule has 6 nitrogen and oxygen atoms in total. The van der Waals surface area contributed by atoms with Crippen LogP contribution in [-0.2, 0) is 19.4 Å². The van der Waals surface area contributed by atoms with E-state index in [2.05, 4.69) is 23.8 Å². The van der Waals surface area contributed by atoms with Crippen molar-refractivity contribution in [3.63, 3.8) is 0 Å². The predicted molar refractivity (Wildman–Crippen MR) is 83.5 cm³/mol. The van der Waals surface area contributed by atoms with Gasteiger partial charge in [0.05, 0.1) is 11.5 Å². The van der Waals surface area contributed by atoms with Gasteiger partial charge in [-0.3, -0.25) is 9.59 Å². The average Bonchev–Trinajstić information content (AvgIpc) is 2.23. The molecule has 0 spiro atoms. The van der Waals surface area contributed by atoms with Crippen molar-refractivity contribution in [2.75, 3.05) is 11.5 Å². The van der Waals surface area contributed by atoms with Crippen LogP contribution in [0.15, 0.2) is 25.3 Å². The van der Waals surface area contributed by atoms with E-state index in [-0.39, 0.29) is 11.5 Å². The largest absolute Gasteiger partial charge is 0.347 e. The molecule has 0 bridgehead atoms. The molecule has 0 rings (SSSR count). The number of rotatable bonds is 8. The van der Waals surface area contributed by atoms with E-state index in [4.69, 9.17) is 0 Å². The van der Waals surface area contributed by atoms with Crippen LogP contribution in [0.1, 0.15) is 27.7 Å². The fourth-order valence-electron chi connectivity index (χ4n) is 1.99. The quantitative estimate of drug-likeness (QED) is 0.640. The van der Waals surface area contributed by atoms with Gasteiger partial charge in [0.2, 0.25) is 11.8 Å². The molecule has 7 heteroatoms. The van der Waals surface area contributed by atoms with Crippen LogP contribution < -0.4 is 10.6 Å². The Morgan fingerprint density at radius 2 is 1.19 bits per heavy atom. The molecule has 21 heavy (non-hydrogen) atoms. The van der Waals surface area contributed by atoms with Crippen LogP contribution in [0.2, 0.25) is 0 Å². The molecule has 0 aromatic rings. The fourth-order valence-corrected chi connectivity index (χ4v) is 4.44. The summed E-state index contributed by atoms with van der Waals surface area (Å²) >= 11 is 0. The summed E-state index contributed by atoms with van der Waals surface area (Å²) in [5.41, 5.74) is -1.86. The lowest BCUT2D eigenvalue weighted by molar-refractivity contribution is -0.118. The molecule has 0 aliphatic carbocycles. The number of carbonyl (C=O) groups is 2. The van der Waals surface area contributed by atoms with Gasteiger partial charge in [0, 0.05) is 11.1 Å². The van der Waals surface area contributed by atoms with Crippen LogP contribution in [0, 0.1) is 0 Å². The molecule has 2 N–H and O–H groups in total. The lowest BCUT2D eigenvalue weighted by Crippen LogP contribution is -2.52. The summed E-state index contributed by atoms with van der Waals surface area (Å²) in [6, 6.07) is 0. The summed E-state index contributed by atoms with van der Waals surface area (Å²) in [5.74, 6) is -1.36.